The predicted molar refractivity (Wildman–Crippen MR) is 114 cm³/mol. The topological polar surface area (TPSA) is 66.5 Å². The first kappa shape index (κ1) is 19.2. The van der Waals surface area contributed by atoms with Gasteiger partial charge >= 0.3 is 0 Å². The Kier molecular flexibility index (Phi) is 4.88. The van der Waals surface area contributed by atoms with Crippen LogP contribution in [0.3, 0.4) is 0 Å². The molecule has 1 fully saturated rings. The van der Waals surface area contributed by atoms with E-state index in [9.17, 15) is 13.2 Å². The van der Waals surface area contributed by atoms with Gasteiger partial charge < -0.3 is 5.32 Å². The van der Waals surface area contributed by atoms with Crippen LogP contribution in [-0.4, -0.2) is 21.4 Å². The zero-order valence-corrected chi connectivity index (χ0v) is 16.9. The zero-order valence-electron chi connectivity index (χ0n) is 16.1. The molecule has 1 amide bonds. The maximum Gasteiger partial charge on any atom is 0.264 e. The van der Waals surface area contributed by atoms with E-state index in [-0.39, 0.29) is 10.8 Å². The highest BCUT2D eigenvalue weighted by Crippen LogP contribution is 2.49. The summed E-state index contributed by atoms with van der Waals surface area (Å²) in [6, 6.07) is 25.0. The summed E-state index contributed by atoms with van der Waals surface area (Å²) >= 11 is 0. The summed E-state index contributed by atoms with van der Waals surface area (Å²) in [6.07, 6.45) is 1.58. The molecule has 1 aliphatic carbocycles. The summed E-state index contributed by atoms with van der Waals surface area (Å²) < 4.78 is 27.3. The van der Waals surface area contributed by atoms with Crippen molar-refractivity contribution in [2.24, 2.45) is 0 Å². The third kappa shape index (κ3) is 3.63. The first-order chi connectivity index (χ1) is 13.9. The minimum absolute atomic E-state index is 0.102. The SMILES string of the molecule is CN(c1ccccc1)S(=O)(=O)c1cccc(NC(=O)C2(c3ccccc3)CC2)c1. The largest absolute Gasteiger partial charge is 0.325 e. The van der Waals surface area contributed by atoms with E-state index in [0.717, 1.165) is 18.4 Å². The highest BCUT2D eigenvalue weighted by atomic mass is 32.2. The van der Waals surface area contributed by atoms with Crippen LogP contribution in [-0.2, 0) is 20.2 Å². The van der Waals surface area contributed by atoms with Crippen LogP contribution in [0.4, 0.5) is 11.4 Å². The van der Waals surface area contributed by atoms with E-state index in [4.69, 9.17) is 0 Å². The van der Waals surface area contributed by atoms with Crippen LogP contribution in [0.2, 0.25) is 0 Å². The first-order valence-electron chi connectivity index (χ1n) is 9.44. The molecule has 0 spiro atoms. The molecule has 29 heavy (non-hydrogen) atoms. The Bertz CT molecular complexity index is 1130. The summed E-state index contributed by atoms with van der Waals surface area (Å²) in [7, 11) is -2.22. The second-order valence-electron chi connectivity index (χ2n) is 7.24. The monoisotopic (exact) mass is 406 g/mol. The van der Waals surface area contributed by atoms with Gasteiger partial charge in [-0.25, -0.2) is 8.42 Å². The molecule has 1 aliphatic rings. The van der Waals surface area contributed by atoms with Crippen molar-refractivity contribution in [2.45, 2.75) is 23.2 Å². The molecule has 0 atom stereocenters. The number of nitrogens with zero attached hydrogens (tertiary/aromatic N) is 1. The van der Waals surface area contributed by atoms with Crippen LogP contribution in [0.15, 0.2) is 89.8 Å². The van der Waals surface area contributed by atoms with Crippen molar-refractivity contribution in [3.05, 3.63) is 90.5 Å². The number of rotatable bonds is 6. The lowest BCUT2D eigenvalue weighted by Crippen LogP contribution is -2.28. The average molecular weight is 407 g/mol. The van der Waals surface area contributed by atoms with Crippen molar-refractivity contribution < 1.29 is 13.2 Å². The maximum absolute atomic E-state index is 13.0. The van der Waals surface area contributed by atoms with Gasteiger partial charge in [-0.1, -0.05) is 54.6 Å². The van der Waals surface area contributed by atoms with Crippen molar-refractivity contribution >= 4 is 27.3 Å². The zero-order chi connectivity index (χ0) is 20.5. The third-order valence-electron chi connectivity index (χ3n) is 5.38. The number of benzene rings is 3. The second-order valence-corrected chi connectivity index (χ2v) is 9.21. The van der Waals surface area contributed by atoms with Gasteiger partial charge in [-0.2, -0.15) is 0 Å². The van der Waals surface area contributed by atoms with E-state index in [0.29, 0.717) is 11.4 Å². The molecule has 0 aliphatic heterocycles. The van der Waals surface area contributed by atoms with E-state index >= 15 is 0 Å². The van der Waals surface area contributed by atoms with Gasteiger partial charge in [0.05, 0.1) is 16.0 Å². The number of hydrogen-bond donors (Lipinski definition) is 1. The predicted octanol–water partition coefficient (Wildman–Crippen LogP) is 4.18. The Labute approximate surface area is 171 Å². The quantitative estimate of drug-likeness (QED) is 0.668. The van der Waals surface area contributed by atoms with Gasteiger partial charge in [-0.3, -0.25) is 9.10 Å². The Balaban J connectivity index is 1.57. The van der Waals surface area contributed by atoms with E-state index in [1.807, 2.05) is 36.4 Å². The molecule has 3 aromatic rings. The molecule has 0 aromatic heterocycles. The van der Waals surface area contributed by atoms with Crippen LogP contribution in [0.1, 0.15) is 18.4 Å². The van der Waals surface area contributed by atoms with Gasteiger partial charge in [-0.15, -0.1) is 0 Å². The van der Waals surface area contributed by atoms with E-state index in [2.05, 4.69) is 5.32 Å². The molecular weight excluding hydrogens is 384 g/mol. The summed E-state index contributed by atoms with van der Waals surface area (Å²) in [4.78, 5) is 13.1. The standard InChI is InChI=1S/C23H22N2O3S/c1-25(20-12-6-3-7-13-20)29(27,28)21-14-8-11-19(17-21)24-22(26)23(15-16-23)18-9-4-2-5-10-18/h2-14,17H,15-16H2,1H3,(H,24,26). The summed E-state index contributed by atoms with van der Waals surface area (Å²) in [6.45, 7) is 0. The molecular formula is C23H22N2O3S. The lowest BCUT2D eigenvalue weighted by molar-refractivity contribution is -0.118. The number of para-hydroxylation sites is 1. The third-order valence-corrected chi connectivity index (χ3v) is 7.16. The Hall–Kier alpha value is -3.12. The van der Waals surface area contributed by atoms with Crippen molar-refractivity contribution in [2.75, 3.05) is 16.7 Å². The number of carbonyl (C=O) groups excluding carboxylic acids is 1. The minimum atomic E-state index is -3.74. The molecule has 4 rings (SSSR count). The average Bonchev–Trinajstić information content (AvgIpc) is 3.57. The highest BCUT2D eigenvalue weighted by Gasteiger charge is 2.51. The molecule has 148 valence electrons. The number of carbonyl (C=O) groups is 1. The molecule has 3 aromatic carbocycles. The Morgan fingerprint density at radius 3 is 2.14 bits per heavy atom. The number of nitrogens with one attached hydrogen (secondary N) is 1. The van der Waals surface area contributed by atoms with Gasteiger partial charge in [0.1, 0.15) is 0 Å². The van der Waals surface area contributed by atoms with E-state index in [1.54, 1.807) is 36.4 Å². The smallest absolute Gasteiger partial charge is 0.264 e. The first-order valence-corrected chi connectivity index (χ1v) is 10.9. The molecule has 0 bridgehead atoms. The molecule has 1 N–H and O–H groups in total. The molecule has 0 saturated heterocycles. The molecule has 0 heterocycles. The fourth-order valence-corrected chi connectivity index (χ4v) is 4.69. The number of amides is 1. The molecule has 0 radical (unpaired) electrons. The van der Waals surface area contributed by atoms with Gasteiger partial charge in [0.2, 0.25) is 5.91 Å². The Morgan fingerprint density at radius 1 is 0.897 bits per heavy atom. The summed E-state index contributed by atoms with van der Waals surface area (Å²) in [5.41, 5.74) is 1.52. The lowest BCUT2D eigenvalue weighted by atomic mass is 9.95. The van der Waals surface area contributed by atoms with Crippen LogP contribution < -0.4 is 9.62 Å². The lowest BCUT2D eigenvalue weighted by Gasteiger charge is -2.20. The van der Waals surface area contributed by atoms with Crippen molar-refractivity contribution in [1.82, 2.24) is 0 Å². The maximum atomic E-state index is 13.0. The minimum Gasteiger partial charge on any atom is -0.325 e. The molecule has 0 unspecified atom stereocenters. The molecule has 6 heteroatoms. The van der Waals surface area contributed by atoms with Crippen LogP contribution in [0, 0.1) is 0 Å². The summed E-state index contributed by atoms with van der Waals surface area (Å²) in [5, 5.41) is 2.91. The van der Waals surface area contributed by atoms with Crippen LogP contribution in [0.5, 0.6) is 0 Å². The number of sulfonamides is 1. The van der Waals surface area contributed by atoms with Gasteiger partial charge in [0, 0.05) is 12.7 Å². The molecule has 1 saturated carbocycles. The summed E-state index contributed by atoms with van der Waals surface area (Å²) in [5.74, 6) is -0.102. The number of hydrogen-bond acceptors (Lipinski definition) is 3. The fraction of sp³-hybridized carbons (Fsp3) is 0.174. The van der Waals surface area contributed by atoms with Gasteiger partial charge in [0.15, 0.2) is 0 Å². The normalized spacial score (nSPS) is 14.8. The van der Waals surface area contributed by atoms with Crippen LogP contribution in [0.25, 0.3) is 0 Å². The van der Waals surface area contributed by atoms with E-state index in [1.165, 1.54) is 23.5 Å². The second kappa shape index (κ2) is 7.37. The van der Waals surface area contributed by atoms with Crippen molar-refractivity contribution in [3.63, 3.8) is 0 Å². The van der Waals surface area contributed by atoms with Gasteiger partial charge in [0.25, 0.3) is 10.0 Å². The highest BCUT2D eigenvalue weighted by molar-refractivity contribution is 7.92. The fourth-order valence-electron chi connectivity index (χ4n) is 3.45. The van der Waals surface area contributed by atoms with E-state index < -0.39 is 15.4 Å². The van der Waals surface area contributed by atoms with Crippen LogP contribution >= 0.6 is 0 Å². The van der Waals surface area contributed by atoms with Gasteiger partial charge in [-0.05, 0) is 48.7 Å². The Morgan fingerprint density at radius 2 is 1.52 bits per heavy atom. The number of anilines is 2. The van der Waals surface area contributed by atoms with Crippen molar-refractivity contribution in [3.8, 4) is 0 Å². The molecule has 5 nitrogen and oxygen atoms in total. The van der Waals surface area contributed by atoms with Crippen molar-refractivity contribution in [1.29, 1.82) is 0 Å².